The molecule has 1 fully saturated rings. The third kappa shape index (κ3) is 5.27. The lowest BCUT2D eigenvalue weighted by molar-refractivity contribution is -0.137. The van der Waals surface area contributed by atoms with E-state index in [1.54, 1.807) is 4.90 Å². The van der Waals surface area contributed by atoms with E-state index in [0.717, 1.165) is 27.2 Å². The third-order valence-corrected chi connectivity index (χ3v) is 8.52. The Kier molecular flexibility index (Phi) is 7.94. The number of unbranched alkanes of at least 4 members (excludes halogenated alkanes) is 1. The Balaban J connectivity index is 1.31. The molecule has 0 saturated carbocycles. The molecule has 1 saturated heterocycles. The summed E-state index contributed by atoms with van der Waals surface area (Å²) in [5.74, 6) is -0.795. The summed E-state index contributed by atoms with van der Waals surface area (Å²) in [6, 6.07) is 18.5. The number of rotatable bonds is 9. The number of aliphatic carboxylic acids is 1. The van der Waals surface area contributed by atoms with Gasteiger partial charge in [0, 0.05) is 24.9 Å². The summed E-state index contributed by atoms with van der Waals surface area (Å²) < 4.78 is 17.4. The van der Waals surface area contributed by atoms with Crippen molar-refractivity contribution < 1.29 is 38.8 Å². The van der Waals surface area contributed by atoms with Crippen LogP contribution in [0.3, 0.4) is 0 Å². The minimum Gasteiger partial charge on any atom is -0.493 e. The van der Waals surface area contributed by atoms with Crippen LogP contribution in [0.15, 0.2) is 60.7 Å². The fourth-order valence-electron chi connectivity index (χ4n) is 6.45. The fraction of sp³-hybridized carbons (Fsp3) is 0.364. The Labute approximate surface area is 249 Å². The quantitative estimate of drug-likeness (QED) is 0.335. The number of hydrogen-bond acceptors (Lipinski definition) is 7. The molecule has 43 heavy (non-hydrogen) atoms. The van der Waals surface area contributed by atoms with Gasteiger partial charge in [-0.1, -0.05) is 48.5 Å². The van der Waals surface area contributed by atoms with E-state index in [9.17, 15) is 19.5 Å². The molecule has 3 aliphatic rings. The minimum absolute atomic E-state index is 0.0260. The molecule has 0 radical (unpaired) electrons. The van der Waals surface area contributed by atoms with E-state index in [1.165, 1.54) is 19.2 Å². The van der Waals surface area contributed by atoms with Gasteiger partial charge in [-0.3, -0.25) is 9.59 Å². The Bertz CT molecular complexity index is 1510. The number of fused-ring (bicyclic) bond motifs is 5. The lowest BCUT2D eigenvalue weighted by Gasteiger charge is -2.32. The van der Waals surface area contributed by atoms with Gasteiger partial charge >= 0.3 is 12.1 Å². The molecule has 0 aromatic heterocycles. The highest BCUT2D eigenvalue weighted by atomic mass is 16.6. The molecule has 2 N–H and O–H groups in total. The number of ether oxygens (including phenoxy) is 3. The van der Waals surface area contributed by atoms with Gasteiger partial charge in [-0.2, -0.15) is 0 Å². The standard InChI is InChI=1S/C33H34N2O8/c1-41-28-17-24-27(18-29(28)42-16-7-6-14-30(36)37)35(32(39)26-13-8-15-34(26)31(24)38)33(40)43-19-25-22-11-4-2-9-20(22)21-10-3-5-12-23(21)25/h2-5,9-12,17-18,25-26,32,39H,6-8,13-16,19H2,1H3,(H,36,37)/t26-,32?/m0/s1. The van der Waals surface area contributed by atoms with Crippen LogP contribution in [0.4, 0.5) is 10.5 Å². The smallest absolute Gasteiger partial charge is 0.416 e. The lowest BCUT2D eigenvalue weighted by Crippen LogP contribution is -2.51. The summed E-state index contributed by atoms with van der Waals surface area (Å²) in [5, 5.41) is 20.5. The summed E-state index contributed by atoms with van der Waals surface area (Å²) in [4.78, 5) is 41.2. The van der Waals surface area contributed by atoms with Crippen molar-refractivity contribution in [2.75, 3.05) is 31.8 Å². The zero-order valence-corrected chi connectivity index (χ0v) is 23.9. The zero-order valence-electron chi connectivity index (χ0n) is 23.9. The van der Waals surface area contributed by atoms with Gasteiger partial charge in [0.05, 0.1) is 31.0 Å². The first-order chi connectivity index (χ1) is 20.9. The second-order valence-corrected chi connectivity index (χ2v) is 11.0. The van der Waals surface area contributed by atoms with Crippen molar-refractivity contribution in [3.8, 4) is 22.6 Å². The first-order valence-electron chi connectivity index (χ1n) is 14.6. The van der Waals surface area contributed by atoms with Gasteiger partial charge in [-0.15, -0.1) is 0 Å². The average Bonchev–Trinajstić information content (AvgIpc) is 3.61. The van der Waals surface area contributed by atoms with Crippen molar-refractivity contribution in [2.45, 2.75) is 50.3 Å². The monoisotopic (exact) mass is 586 g/mol. The van der Waals surface area contributed by atoms with Crippen LogP contribution < -0.4 is 14.4 Å². The molecule has 0 bridgehead atoms. The fourth-order valence-corrected chi connectivity index (χ4v) is 6.45. The van der Waals surface area contributed by atoms with Crippen LogP contribution in [0.1, 0.15) is 59.5 Å². The molecule has 3 aromatic rings. The highest BCUT2D eigenvalue weighted by molar-refractivity contribution is 6.06. The lowest BCUT2D eigenvalue weighted by atomic mass is 9.98. The van der Waals surface area contributed by atoms with Crippen molar-refractivity contribution >= 4 is 23.7 Å². The van der Waals surface area contributed by atoms with Gasteiger partial charge in [0.15, 0.2) is 17.7 Å². The van der Waals surface area contributed by atoms with E-state index in [-0.39, 0.29) is 48.5 Å². The molecule has 10 nitrogen and oxygen atoms in total. The molecule has 10 heteroatoms. The van der Waals surface area contributed by atoms with Gasteiger partial charge in [-0.25, -0.2) is 9.69 Å². The Morgan fingerprint density at radius 2 is 1.65 bits per heavy atom. The molecule has 224 valence electrons. The van der Waals surface area contributed by atoms with Gasteiger partial charge in [-0.05, 0) is 54.0 Å². The SMILES string of the molecule is COc1cc2c(cc1OCCCCC(=O)O)N(C(=O)OCC1c3ccccc3-c3ccccc31)C(O)[C@@H]1CCCN1C2=O. The predicted octanol–water partition coefficient (Wildman–Crippen LogP) is 5.02. The molecular weight excluding hydrogens is 552 g/mol. The predicted molar refractivity (Wildman–Crippen MR) is 158 cm³/mol. The summed E-state index contributed by atoms with van der Waals surface area (Å²) in [6.45, 7) is 0.720. The van der Waals surface area contributed by atoms with Gasteiger partial charge < -0.3 is 29.3 Å². The van der Waals surface area contributed by atoms with Crippen LogP contribution in [0.2, 0.25) is 0 Å². The first-order valence-corrected chi connectivity index (χ1v) is 14.6. The summed E-state index contributed by atoms with van der Waals surface area (Å²) in [7, 11) is 1.46. The molecule has 2 atom stereocenters. The Morgan fingerprint density at radius 1 is 0.953 bits per heavy atom. The number of carbonyl (C=O) groups excluding carboxylic acids is 2. The maximum Gasteiger partial charge on any atom is 0.416 e. The number of carboxylic acids is 1. The molecule has 3 aromatic carbocycles. The molecule has 2 amide bonds. The second kappa shape index (κ2) is 12.0. The van der Waals surface area contributed by atoms with Gasteiger partial charge in [0.1, 0.15) is 6.61 Å². The highest BCUT2D eigenvalue weighted by Gasteiger charge is 2.45. The van der Waals surface area contributed by atoms with E-state index >= 15 is 0 Å². The Hall–Kier alpha value is -4.57. The van der Waals surface area contributed by atoms with Crippen molar-refractivity contribution in [3.05, 3.63) is 77.4 Å². The van der Waals surface area contributed by atoms with E-state index in [4.69, 9.17) is 19.3 Å². The molecule has 1 aliphatic carbocycles. The van der Waals surface area contributed by atoms with E-state index in [1.807, 2.05) is 36.4 Å². The number of hydrogen-bond donors (Lipinski definition) is 2. The first kappa shape index (κ1) is 28.5. The maximum atomic E-state index is 13.9. The number of amides is 2. The van der Waals surface area contributed by atoms with Crippen LogP contribution in [0, 0.1) is 0 Å². The minimum atomic E-state index is -1.33. The number of carboxylic acid groups (broad SMARTS) is 1. The number of anilines is 1. The third-order valence-electron chi connectivity index (χ3n) is 8.52. The normalized spacial score (nSPS) is 18.8. The number of aliphatic hydroxyl groups excluding tert-OH is 1. The van der Waals surface area contributed by atoms with Gasteiger partial charge in [0.25, 0.3) is 5.91 Å². The molecule has 0 spiro atoms. The zero-order chi connectivity index (χ0) is 30.1. The number of nitrogens with zero attached hydrogens (tertiary/aromatic N) is 2. The molecule has 2 heterocycles. The number of aliphatic hydroxyl groups is 1. The average molecular weight is 587 g/mol. The van der Waals surface area contributed by atoms with E-state index in [0.29, 0.717) is 38.0 Å². The molecule has 2 aliphatic heterocycles. The largest absolute Gasteiger partial charge is 0.493 e. The van der Waals surface area contributed by atoms with Crippen LogP contribution in [-0.4, -0.2) is 72.2 Å². The van der Waals surface area contributed by atoms with Gasteiger partial charge in [0.2, 0.25) is 0 Å². The summed E-state index contributed by atoms with van der Waals surface area (Å²) in [6.07, 6.45) is 0.0872. The number of benzene rings is 3. The highest BCUT2D eigenvalue weighted by Crippen LogP contribution is 2.45. The molecule has 6 rings (SSSR count). The van der Waals surface area contributed by atoms with Crippen LogP contribution in [0.5, 0.6) is 11.5 Å². The summed E-state index contributed by atoms with van der Waals surface area (Å²) in [5.41, 5.74) is 4.70. The van der Waals surface area contributed by atoms with Crippen LogP contribution in [0.25, 0.3) is 11.1 Å². The van der Waals surface area contributed by atoms with Crippen molar-refractivity contribution in [2.24, 2.45) is 0 Å². The van der Waals surface area contributed by atoms with E-state index < -0.39 is 24.3 Å². The number of methoxy groups -OCH3 is 1. The van der Waals surface area contributed by atoms with Crippen LogP contribution in [-0.2, 0) is 9.53 Å². The molecule has 1 unspecified atom stereocenters. The van der Waals surface area contributed by atoms with Crippen molar-refractivity contribution in [1.29, 1.82) is 0 Å². The van der Waals surface area contributed by atoms with E-state index in [2.05, 4.69) is 12.1 Å². The number of carbonyl (C=O) groups is 3. The maximum absolute atomic E-state index is 13.9. The molecular formula is C33H34N2O8. The van der Waals surface area contributed by atoms with Crippen LogP contribution >= 0.6 is 0 Å². The second-order valence-electron chi connectivity index (χ2n) is 11.0. The van der Waals surface area contributed by atoms with Crippen molar-refractivity contribution in [3.63, 3.8) is 0 Å². The Morgan fingerprint density at radius 3 is 2.33 bits per heavy atom. The topological polar surface area (TPSA) is 126 Å². The van der Waals surface area contributed by atoms with Crippen molar-refractivity contribution in [1.82, 2.24) is 4.90 Å². The summed E-state index contributed by atoms with van der Waals surface area (Å²) >= 11 is 0.